The molecular formula is C13H23N3S. The third-order valence-corrected chi connectivity index (χ3v) is 4.61. The van der Waals surface area contributed by atoms with Crippen molar-refractivity contribution in [1.29, 1.82) is 0 Å². The van der Waals surface area contributed by atoms with Crippen LogP contribution in [0, 0.1) is 0 Å². The van der Waals surface area contributed by atoms with E-state index in [0.29, 0.717) is 12.1 Å². The molecule has 3 nitrogen and oxygen atoms in total. The molecule has 0 spiro atoms. The number of hydrogen-bond acceptors (Lipinski definition) is 4. The molecule has 2 heterocycles. The number of piperazine rings is 1. The summed E-state index contributed by atoms with van der Waals surface area (Å²) in [5.41, 5.74) is 0. The minimum atomic E-state index is 0.544. The first kappa shape index (κ1) is 13.0. The Morgan fingerprint density at radius 3 is 3.00 bits per heavy atom. The van der Waals surface area contributed by atoms with Gasteiger partial charge in [-0.2, -0.15) is 0 Å². The van der Waals surface area contributed by atoms with Crippen molar-refractivity contribution >= 4 is 11.3 Å². The number of likely N-dealkylation sites (N-methyl/N-ethyl adjacent to an activating group) is 1. The fraction of sp³-hybridized carbons (Fsp3) is 0.692. The number of rotatable bonds is 4. The first-order valence-electron chi connectivity index (χ1n) is 6.29. The fourth-order valence-corrected chi connectivity index (χ4v) is 3.38. The van der Waals surface area contributed by atoms with Crippen molar-refractivity contribution in [3.05, 3.63) is 22.4 Å². The zero-order chi connectivity index (χ0) is 12.3. The van der Waals surface area contributed by atoms with E-state index in [1.807, 2.05) is 11.3 Å². The van der Waals surface area contributed by atoms with Crippen LogP contribution in [0.2, 0.25) is 0 Å². The fourth-order valence-electron chi connectivity index (χ4n) is 2.45. The second kappa shape index (κ2) is 5.96. The lowest BCUT2D eigenvalue weighted by Crippen LogP contribution is -2.50. The van der Waals surface area contributed by atoms with Crippen molar-refractivity contribution < 1.29 is 0 Å². The van der Waals surface area contributed by atoms with Gasteiger partial charge in [-0.3, -0.25) is 0 Å². The molecule has 1 aromatic heterocycles. The SMILES string of the molecule is CN(C)C(CC1CNCCN1C)c1cccs1. The van der Waals surface area contributed by atoms with E-state index in [-0.39, 0.29) is 0 Å². The van der Waals surface area contributed by atoms with Gasteiger partial charge in [0.2, 0.25) is 0 Å². The van der Waals surface area contributed by atoms with E-state index in [4.69, 9.17) is 0 Å². The zero-order valence-electron chi connectivity index (χ0n) is 11.0. The summed E-state index contributed by atoms with van der Waals surface area (Å²) in [4.78, 5) is 6.31. The van der Waals surface area contributed by atoms with Gasteiger partial charge < -0.3 is 15.1 Å². The minimum absolute atomic E-state index is 0.544. The molecule has 0 aromatic carbocycles. The second-order valence-electron chi connectivity index (χ2n) is 5.07. The molecule has 96 valence electrons. The first-order chi connectivity index (χ1) is 8.18. The molecule has 1 aromatic rings. The standard InChI is InChI=1S/C13H23N3S/c1-15(2)12(13-5-4-8-17-13)9-11-10-14-6-7-16(11)3/h4-5,8,11-12,14H,6-7,9-10H2,1-3H3. The van der Waals surface area contributed by atoms with Crippen molar-refractivity contribution in [3.63, 3.8) is 0 Å². The summed E-state index contributed by atoms with van der Waals surface area (Å²) in [6.07, 6.45) is 1.21. The summed E-state index contributed by atoms with van der Waals surface area (Å²) in [7, 11) is 6.61. The third kappa shape index (κ3) is 3.28. The Hall–Kier alpha value is -0.420. The zero-order valence-corrected chi connectivity index (χ0v) is 11.8. The molecule has 0 radical (unpaired) electrons. The van der Waals surface area contributed by atoms with Crippen LogP contribution in [-0.2, 0) is 0 Å². The number of hydrogen-bond donors (Lipinski definition) is 1. The van der Waals surface area contributed by atoms with Gasteiger partial charge in [0.15, 0.2) is 0 Å². The number of nitrogens with one attached hydrogen (secondary N) is 1. The number of thiophene rings is 1. The lowest BCUT2D eigenvalue weighted by Gasteiger charge is -2.36. The van der Waals surface area contributed by atoms with Crippen LogP contribution in [0.3, 0.4) is 0 Å². The maximum atomic E-state index is 3.50. The minimum Gasteiger partial charge on any atom is -0.314 e. The Bertz CT molecular complexity index is 323. The van der Waals surface area contributed by atoms with Gasteiger partial charge in [-0.05, 0) is 39.0 Å². The second-order valence-corrected chi connectivity index (χ2v) is 6.05. The Morgan fingerprint density at radius 1 is 1.59 bits per heavy atom. The van der Waals surface area contributed by atoms with Crippen LogP contribution in [0.25, 0.3) is 0 Å². The largest absolute Gasteiger partial charge is 0.314 e. The summed E-state index contributed by atoms with van der Waals surface area (Å²) >= 11 is 1.87. The molecular weight excluding hydrogens is 230 g/mol. The van der Waals surface area contributed by atoms with Crippen LogP contribution in [0.4, 0.5) is 0 Å². The van der Waals surface area contributed by atoms with Gasteiger partial charge in [0.05, 0.1) is 0 Å². The number of nitrogens with zero attached hydrogens (tertiary/aromatic N) is 2. The maximum Gasteiger partial charge on any atom is 0.0450 e. The van der Waals surface area contributed by atoms with E-state index in [0.717, 1.165) is 19.6 Å². The highest BCUT2D eigenvalue weighted by Crippen LogP contribution is 2.28. The van der Waals surface area contributed by atoms with Crippen LogP contribution in [0.5, 0.6) is 0 Å². The van der Waals surface area contributed by atoms with Crippen LogP contribution >= 0.6 is 11.3 Å². The van der Waals surface area contributed by atoms with Gasteiger partial charge in [-0.25, -0.2) is 0 Å². The van der Waals surface area contributed by atoms with Crippen molar-refractivity contribution in [3.8, 4) is 0 Å². The average molecular weight is 253 g/mol. The van der Waals surface area contributed by atoms with Crippen LogP contribution in [-0.4, -0.2) is 56.6 Å². The molecule has 1 fully saturated rings. The Kier molecular flexibility index (Phi) is 4.56. The molecule has 0 aliphatic carbocycles. The molecule has 0 bridgehead atoms. The molecule has 0 amide bonds. The van der Waals surface area contributed by atoms with Gasteiger partial charge in [0.1, 0.15) is 0 Å². The average Bonchev–Trinajstić information content (AvgIpc) is 2.81. The maximum absolute atomic E-state index is 3.50. The van der Waals surface area contributed by atoms with Crippen molar-refractivity contribution in [1.82, 2.24) is 15.1 Å². The Morgan fingerprint density at radius 2 is 2.41 bits per heavy atom. The van der Waals surface area contributed by atoms with E-state index in [1.54, 1.807) is 0 Å². The molecule has 1 aliphatic heterocycles. The highest BCUT2D eigenvalue weighted by atomic mass is 32.1. The topological polar surface area (TPSA) is 18.5 Å². The molecule has 2 atom stereocenters. The van der Waals surface area contributed by atoms with Crippen molar-refractivity contribution in [2.24, 2.45) is 0 Å². The van der Waals surface area contributed by atoms with Gasteiger partial charge in [0.25, 0.3) is 0 Å². The molecule has 17 heavy (non-hydrogen) atoms. The van der Waals surface area contributed by atoms with Crippen molar-refractivity contribution in [2.75, 3.05) is 40.8 Å². The normalized spacial score (nSPS) is 24.1. The van der Waals surface area contributed by atoms with E-state index in [1.165, 1.54) is 11.3 Å². The highest BCUT2D eigenvalue weighted by molar-refractivity contribution is 7.10. The predicted molar refractivity (Wildman–Crippen MR) is 74.7 cm³/mol. The van der Waals surface area contributed by atoms with Crippen molar-refractivity contribution in [2.45, 2.75) is 18.5 Å². The van der Waals surface area contributed by atoms with Crippen LogP contribution in [0.1, 0.15) is 17.3 Å². The van der Waals surface area contributed by atoms with Crippen LogP contribution in [0.15, 0.2) is 17.5 Å². The van der Waals surface area contributed by atoms with E-state index < -0.39 is 0 Å². The molecule has 1 saturated heterocycles. The highest BCUT2D eigenvalue weighted by Gasteiger charge is 2.25. The van der Waals surface area contributed by atoms with Gasteiger partial charge in [-0.1, -0.05) is 6.07 Å². The van der Waals surface area contributed by atoms with Crippen LogP contribution < -0.4 is 5.32 Å². The lowest BCUT2D eigenvalue weighted by molar-refractivity contribution is 0.151. The molecule has 2 rings (SSSR count). The van der Waals surface area contributed by atoms with E-state index in [2.05, 4.69) is 53.8 Å². The predicted octanol–water partition coefficient (Wildman–Crippen LogP) is 1.64. The summed E-state index contributed by atoms with van der Waals surface area (Å²) in [5.74, 6) is 0. The molecule has 0 saturated carbocycles. The molecule has 1 aliphatic rings. The third-order valence-electron chi connectivity index (χ3n) is 3.63. The Balaban J connectivity index is 2.02. The molecule has 4 heteroatoms. The van der Waals surface area contributed by atoms with Gasteiger partial charge in [0, 0.05) is 36.6 Å². The Labute approximate surface area is 108 Å². The summed E-state index contributed by atoms with van der Waals surface area (Å²) in [5, 5.41) is 5.67. The molecule has 2 unspecified atom stereocenters. The lowest BCUT2D eigenvalue weighted by atomic mass is 10.0. The van der Waals surface area contributed by atoms with E-state index >= 15 is 0 Å². The first-order valence-corrected chi connectivity index (χ1v) is 7.17. The summed E-state index contributed by atoms with van der Waals surface area (Å²) < 4.78 is 0. The monoisotopic (exact) mass is 253 g/mol. The van der Waals surface area contributed by atoms with E-state index in [9.17, 15) is 0 Å². The summed E-state index contributed by atoms with van der Waals surface area (Å²) in [6, 6.07) is 5.60. The quantitative estimate of drug-likeness (QED) is 0.880. The molecule has 1 N–H and O–H groups in total. The summed E-state index contributed by atoms with van der Waals surface area (Å²) in [6.45, 7) is 3.40. The van der Waals surface area contributed by atoms with Gasteiger partial charge >= 0.3 is 0 Å². The smallest absolute Gasteiger partial charge is 0.0450 e. The van der Waals surface area contributed by atoms with Gasteiger partial charge in [-0.15, -0.1) is 11.3 Å².